The number of rotatable bonds is 0. The minimum Gasteiger partial charge on any atom is -0.472 e. The van der Waals surface area contributed by atoms with E-state index in [2.05, 4.69) is 63.4 Å². The molecule has 0 spiro atoms. The summed E-state index contributed by atoms with van der Waals surface area (Å²) >= 11 is 0. The third-order valence-corrected chi connectivity index (χ3v) is 1.94. The van der Waals surface area contributed by atoms with E-state index in [0.29, 0.717) is 0 Å². The molecule has 0 aliphatic heterocycles. The second kappa shape index (κ2) is 8.83. The van der Waals surface area contributed by atoms with Gasteiger partial charge < -0.3 is 8.80 Å². The van der Waals surface area contributed by atoms with Gasteiger partial charge in [-0.1, -0.05) is 0 Å². The summed E-state index contributed by atoms with van der Waals surface area (Å²) in [5.74, 6) is 16.8. The molecular weight excluding hydrogens is 308 g/mol. The van der Waals surface area contributed by atoms with E-state index in [-0.39, 0.29) is 16.2 Å². The van der Waals surface area contributed by atoms with E-state index in [0.717, 1.165) is 4.48 Å². The maximum absolute atomic E-state index is 14.9. The Balaban J connectivity index is 0. The maximum atomic E-state index is 14.9. The summed E-state index contributed by atoms with van der Waals surface area (Å²) in [4.78, 5) is 0. The van der Waals surface area contributed by atoms with Crippen LogP contribution in [0, 0.1) is 51.5 Å². The van der Waals surface area contributed by atoms with E-state index < -0.39 is 6.42 Å². The predicted octanol–water partition coefficient (Wildman–Crippen LogP) is 4.99. The van der Waals surface area contributed by atoms with Crippen molar-refractivity contribution in [3.05, 3.63) is 0 Å². The smallest absolute Gasteiger partial charge is 0.357 e. The molecule has 0 saturated carbocycles. The van der Waals surface area contributed by atoms with E-state index in [1.165, 1.54) is 0 Å². The topological polar surface area (TPSA) is 0 Å². The van der Waals surface area contributed by atoms with E-state index in [4.69, 9.17) is 0 Å². The van der Waals surface area contributed by atoms with Crippen molar-refractivity contribution in [1.82, 2.24) is 0 Å². The second-order valence-corrected chi connectivity index (χ2v) is 11.0. The van der Waals surface area contributed by atoms with Crippen LogP contribution in [0.5, 0.6) is 0 Å². The Morgan fingerprint density at radius 1 is 0.560 bits per heavy atom. The fourth-order valence-corrected chi connectivity index (χ4v) is 1.06. The van der Waals surface area contributed by atoms with Gasteiger partial charge >= 0.3 is 6.42 Å². The molecule has 0 aromatic rings. The van der Waals surface area contributed by atoms with Crippen molar-refractivity contribution in [2.45, 2.75) is 62.3 Å². The van der Waals surface area contributed by atoms with Gasteiger partial charge in [0.25, 0.3) is 0 Å². The molecule has 0 amide bonds. The lowest BCUT2D eigenvalue weighted by Gasteiger charge is -2.19. The highest BCUT2D eigenvalue weighted by molar-refractivity contribution is 6.95. The van der Waals surface area contributed by atoms with Gasteiger partial charge in [-0.25, -0.2) is 17.5 Å². The fourth-order valence-electron chi connectivity index (χ4n) is 1.06. The van der Waals surface area contributed by atoms with Crippen molar-refractivity contribution in [2.75, 3.05) is 28.2 Å². The zero-order valence-electron chi connectivity index (χ0n) is 18.9. The first-order valence-corrected chi connectivity index (χ1v) is 8.87. The summed E-state index contributed by atoms with van der Waals surface area (Å²) < 4.78 is 15.9. The van der Waals surface area contributed by atoms with Crippen molar-refractivity contribution in [3.63, 3.8) is 0 Å². The number of hydrogen-bond donors (Lipinski definition) is 0. The van der Waals surface area contributed by atoms with Crippen molar-refractivity contribution < 1.29 is 8.80 Å². The molecular formula is C22H39BFN. The van der Waals surface area contributed by atoms with Crippen LogP contribution in [0.2, 0.25) is 0 Å². The third-order valence-electron chi connectivity index (χ3n) is 1.94. The second-order valence-electron chi connectivity index (χ2n) is 11.0. The number of nitrogens with zero attached hydrogens (tertiary/aromatic N) is 1. The van der Waals surface area contributed by atoms with Crippen LogP contribution in [0.1, 0.15) is 62.3 Å². The van der Waals surface area contributed by atoms with Gasteiger partial charge in [-0.2, -0.15) is 0 Å². The van der Waals surface area contributed by atoms with Crippen LogP contribution in [0.3, 0.4) is 0 Å². The van der Waals surface area contributed by atoms with E-state index in [1.54, 1.807) is 0 Å². The molecule has 1 nitrogen and oxygen atoms in total. The van der Waals surface area contributed by atoms with E-state index in [1.807, 2.05) is 62.3 Å². The normalized spacial score (nSPS) is 12.2. The molecule has 0 fully saturated rings. The summed E-state index contributed by atoms with van der Waals surface area (Å²) in [7, 11) is 8.50. The number of hydrogen-bond acceptors (Lipinski definition) is 0. The molecule has 0 N–H and O–H groups in total. The molecule has 3 heteroatoms. The summed E-state index contributed by atoms with van der Waals surface area (Å²) in [6.45, 7) is 17.5. The van der Waals surface area contributed by atoms with Crippen LogP contribution >= 0.6 is 0 Å². The molecule has 0 aromatic heterocycles. The lowest BCUT2D eigenvalue weighted by Crippen LogP contribution is -2.27. The van der Waals surface area contributed by atoms with E-state index >= 15 is 0 Å². The minimum atomic E-state index is -2.78. The van der Waals surface area contributed by atoms with Crippen LogP contribution in [0.15, 0.2) is 0 Å². The summed E-state index contributed by atoms with van der Waals surface area (Å²) in [5.41, 5.74) is -0.774. The monoisotopic (exact) mass is 347 g/mol. The average Bonchev–Trinajstić information content (AvgIpc) is 2.27. The van der Waals surface area contributed by atoms with Crippen LogP contribution in [0.25, 0.3) is 0 Å². The lowest BCUT2D eigenvalue weighted by atomic mass is 9.45. The Kier molecular flexibility index (Phi) is 9.14. The first-order valence-electron chi connectivity index (χ1n) is 8.87. The van der Waals surface area contributed by atoms with Gasteiger partial charge in [0.05, 0.1) is 28.2 Å². The van der Waals surface area contributed by atoms with Crippen LogP contribution in [-0.2, 0) is 0 Å². The summed E-state index contributed by atoms with van der Waals surface area (Å²) in [6.07, 6.45) is -2.78. The highest BCUT2D eigenvalue weighted by atomic mass is 19.1. The Morgan fingerprint density at radius 3 is 0.840 bits per heavy atom. The van der Waals surface area contributed by atoms with Gasteiger partial charge in [-0.15, -0.1) is 17.8 Å². The highest BCUT2D eigenvalue weighted by Gasteiger charge is 2.18. The highest BCUT2D eigenvalue weighted by Crippen LogP contribution is 2.15. The molecule has 0 heterocycles. The third kappa shape index (κ3) is 25.0. The van der Waals surface area contributed by atoms with Crippen molar-refractivity contribution in [2.24, 2.45) is 16.2 Å². The van der Waals surface area contributed by atoms with Gasteiger partial charge in [0.2, 0.25) is 0 Å². The van der Waals surface area contributed by atoms with Crippen LogP contribution < -0.4 is 0 Å². The molecule has 0 aromatic carbocycles. The lowest BCUT2D eigenvalue weighted by molar-refractivity contribution is -0.849. The van der Waals surface area contributed by atoms with Gasteiger partial charge in [0, 0.05) is 16.2 Å². The summed E-state index contributed by atoms with van der Waals surface area (Å²) in [5, 5.41) is 0. The average molecular weight is 347 g/mol. The zero-order valence-corrected chi connectivity index (χ0v) is 18.9. The molecule has 0 bridgehead atoms. The largest absolute Gasteiger partial charge is 0.472 e. The Hall–Kier alpha value is -1.37. The SMILES string of the molecule is CC(C)(C)C#C[B-](F)(C#CC(C)(C)C)C#CC(C)(C)C.C[N+](C)(C)C. The van der Waals surface area contributed by atoms with Gasteiger partial charge in [0.1, 0.15) is 0 Å². The quantitative estimate of drug-likeness (QED) is 0.329. The number of halogens is 1. The Morgan fingerprint density at radius 2 is 0.720 bits per heavy atom. The molecule has 25 heavy (non-hydrogen) atoms. The zero-order chi connectivity index (χ0) is 20.7. The molecule has 0 rings (SSSR count). The molecule has 0 saturated heterocycles. The van der Waals surface area contributed by atoms with Crippen LogP contribution in [0.4, 0.5) is 4.32 Å². The number of quaternary nitrogens is 1. The molecule has 142 valence electrons. The fraction of sp³-hybridized carbons (Fsp3) is 0.727. The molecule has 0 aliphatic rings. The molecule has 0 aliphatic carbocycles. The van der Waals surface area contributed by atoms with Crippen molar-refractivity contribution >= 4 is 6.42 Å². The Labute approximate surface area is 157 Å². The summed E-state index contributed by atoms with van der Waals surface area (Å²) in [6, 6.07) is 0. The van der Waals surface area contributed by atoms with Gasteiger partial charge in [-0.05, 0) is 62.3 Å². The minimum absolute atomic E-state index is 0.258. The first-order chi connectivity index (χ1) is 10.6. The van der Waals surface area contributed by atoms with Gasteiger partial charge in [0.15, 0.2) is 0 Å². The van der Waals surface area contributed by atoms with Gasteiger partial charge in [-0.3, -0.25) is 0 Å². The predicted molar refractivity (Wildman–Crippen MR) is 113 cm³/mol. The standard InChI is InChI=1S/C18H27BF.C4H12N/c1-16(2,3)10-13-19(20,14-11-17(4,5)6)15-12-18(7,8)9;1-5(2,3)4/h1-9H3;1-4H3/q-1;+1. The van der Waals surface area contributed by atoms with Crippen LogP contribution in [-0.4, -0.2) is 39.1 Å². The van der Waals surface area contributed by atoms with Crippen molar-refractivity contribution in [3.8, 4) is 35.2 Å². The first kappa shape index (κ1) is 25.9. The molecule has 0 unspecified atom stereocenters. The maximum Gasteiger partial charge on any atom is 0.357 e. The van der Waals surface area contributed by atoms with E-state index in [9.17, 15) is 4.32 Å². The Bertz CT molecular complexity index is 515. The van der Waals surface area contributed by atoms with Crippen molar-refractivity contribution in [1.29, 1.82) is 0 Å². The molecule has 0 atom stereocenters. The molecule has 0 radical (unpaired) electrons.